The van der Waals surface area contributed by atoms with Crippen LogP contribution in [0.3, 0.4) is 0 Å². The summed E-state index contributed by atoms with van der Waals surface area (Å²) in [6, 6.07) is 3.43. The molecule has 1 aromatic rings. The highest BCUT2D eigenvalue weighted by molar-refractivity contribution is 5.95. The minimum absolute atomic E-state index is 0.0383. The molecule has 0 aliphatic carbocycles. The Kier molecular flexibility index (Phi) is 5.78. The summed E-state index contributed by atoms with van der Waals surface area (Å²) in [5.74, 6) is -0.509. The lowest BCUT2D eigenvalue weighted by Gasteiger charge is -2.22. The summed E-state index contributed by atoms with van der Waals surface area (Å²) in [6.45, 7) is 0.376. The van der Waals surface area contributed by atoms with E-state index in [1.165, 1.54) is 0 Å². The fourth-order valence-corrected chi connectivity index (χ4v) is 1.34. The first-order valence-electron chi connectivity index (χ1n) is 5.41. The molecule has 0 fully saturated rings. The average molecular weight is 262 g/mol. The van der Waals surface area contributed by atoms with Gasteiger partial charge in [-0.25, -0.2) is 0 Å². The van der Waals surface area contributed by atoms with Gasteiger partial charge in [0.2, 0.25) is 18.1 Å². The summed E-state index contributed by atoms with van der Waals surface area (Å²) < 4.78 is 5.05. The number of aliphatic imine (C=N–C) groups is 1. The van der Waals surface area contributed by atoms with Crippen LogP contribution in [0.15, 0.2) is 29.5 Å². The first kappa shape index (κ1) is 14.4. The van der Waals surface area contributed by atoms with E-state index in [9.17, 15) is 4.79 Å². The van der Waals surface area contributed by atoms with E-state index in [-0.39, 0.29) is 19.2 Å². The number of guanidine groups is 1. The Morgan fingerprint density at radius 3 is 2.74 bits per heavy atom. The molecule has 0 aliphatic heterocycles. The van der Waals surface area contributed by atoms with Gasteiger partial charge in [0, 0.05) is 24.6 Å². The van der Waals surface area contributed by atoms with E-state index in [0.717, 1.165) is 0 Å². The molecule has 8 heteroatoms. The van der Waals surface area contributed by atoms with Crippen LogP contribution in [0.2, 0.25) is 0 Å². The number of ether oxygens (including phenoxy) is 1. The number of primary amides is 1. The van der Waals surface area contributed by atoms with E-state index in [1.54, 1.807) is 35.6 Å². The third-order valence-corrected chi connectivity index (χ3v) is 2.12. The summed E-state index contributed by atoms with van der Waals surface area (Å²) in [6.07, 6.45) is 4.80. The van der Waals surface area contributed by atoms with Crippen LogP contribution in [0.5, 0.6) is 0 Å². The fourth-order valence-electron chi connectivity index (χ4n) is 1.34. The van der Waals surface area contributed by atoms with Gasteiger partial charge in [-0.1, -0.05) is 0 Å². The molecule has 0 aromatic carbocycles. The Morgan fingerprint density at radius 2 is 2.16 bits per heavy atom. The number of nitrogens with two attached hydrogens (primary N) is 2. The Balaban J connectivity index is 2.69. The topological polar surface area (TPSA) is 131 Å². The second-order valence-corrected chi connectivity index (χ2v) is 3.45. The molecule has 8 nitrogen and oxygen atoms in total. The van der Waals surface area contributed by atoms with Crippen LogP contribution in [-0.4, -0.2) is 36.6 Å². The van der Waals surface area contributed by atoms with Gasteiger partial charge in [-0.15, -0.1) is 4.99 Å². The molecule has 19 heavy (non-hydrogen) atoms. The highest BCUT2D eigenvalue weighted by Crippen LogP contribution is 2.11. The number of hydrogen-bond acceptors (Lipinski definition) is 5. The number of nitriles is 1. The third-order valence-electron chi connectivity index (χ3n) is 2.12. The molecule has 0 radical (unpaired) electrons. The maximum atomic E-state index is 10.5. The second kappa shape index (κ2) is 7.62. The molecule has 0 spiro atoms. The van der Waals surface area contributed by atoms with Gasteiger partial charge in [0.15, 0.2) is 0 Å². The lowest BCUT2D eigenvalue weighted by molar-refractivity contribution is -0.122. The zero-order valence-electron chi connectivity index (χ0n) is 10.2. The van der Waals surface area contributed by atoms with Crippen molar-refractivity contribution in [3.63, 3.8) is 0 Å². The molecule has 100 valence electrons. The molecule has 1 amide bonds. The molecular formula is C11H14N6O2. The predicted molar refractivity (Wildman–Crippen MR) is 68.8 cm³/mol. The molecule has 1 rings (SSSR count). The maximum Gasteiger partial charge on any atom is 0.243 e. The Labute approximate surface area is 110 Å². The Morgan fingerprint density at radius 1 is 1.47 bits per heavy atom. The van der Waals surface area contributed by atoms with Crippen LogP contribution in [0.25, 0.3) is 0 Å². The van der Waals surface area contributed by atoms with E-state index in [2.05, 4.69) is 9.98 Å². The minimum Gasteiger partial charge on any atom is -0.370 e. The summed E-state index contributed by atoms with van der Waals surface area (Å²) in [4.78, 5) is 19.5. The van der Waals surface area contributed by atoms with Gasteiger partial charge < -0.3 is 21.1 Å². The van der Waals surface area contributed by atoms with Gasteiger partial charge in [-0.3, -0.25) is 9.78 Å². The van der Waals surface area contributed by atoms with Crippen LogP contribution in [0, 0.1) is 11.5 Å². The van der Waals surface area contributed by atoms with Crippen LogP contribution in [-0.2, 0) is 9.53 Å². The largest absolute Gasteiger partial charge is 0.370 e. The van der Waals surface area contributed by atoms with Gasteiger partial charge in [0.25, 0.3) is 0 Å². The number of carbonyl (C=O) groups is 1. The smallest absolute Gasteiger partial charge is 0.243 e. The number of pyridine rings is 1. The number of aromatic nitrogens is 1. The number of anilines is 1. The van der Waals surface area contributed by atoms with Crippen LogP contribution in [0.1, 0.15) is 0 Å². The van der Waals surface area contributed by atoms with Crippen LogP contribution >= 0.6 is 0 Å². The lowest BCUT2D eigenvalue weighted by Crippen LogP contribution is -2.40. The van der Waals surface area contributed by atoms with Crippen molar-refractivity contribution in [2.75, 3.05) is 24.7 Å². The summed E-state index contributed by atoms with van der Waals surface area (Å²) in [5.41, 5.74) is 11.4. The molecular weight excluding hydrogens is 248 g/mol. The number of amides is 1. The molecule has 1 aromatic heterocycles. The normalized spacial score (nSPS) is 10.8. The van der Waals surface area contributed by atoms with E-state index in [4.69, 9.17) is 21.5 Å². The molecule has 0 bridgehead atoms. The molecule has 4 N–H and O–H groups in total. The highest BCUT2D eigenvalue weighted by atomic mass is 16.5. The maximum absolute atomic E-state index is 10.5. The van der Waals surface area contributed by atoms with Crippen molar-refractivity contribution in [3.05, 3.63) is 24.5 Å². The number of nitrogens with zero attached hydrogens (tertiary/aromatic N) is 4. The molecule has 0 aliphatic rings. The van der Waals surface area contributed by atoms with Gasteiger partial charge in [-0.05, 0) is 12.1 Å². The van der Waals surface area contributed by atoms with Crippen molar-refractivity contribution < 1.29 is 9.53 Å². The summed E-state index contributed by atoms with van der Waals surface area (Å²) >= 11 is 0. The van der Waals surface area contributed by atoms with E-state index < -0.39 is 5.91 Å². The van der Waals surface area contributed by atoms with Crippen LogP contribution < -0.4 is 16.4 Å². The van der Waals surface area contributed by atoms with Crippen molar-refractivity contribution in [2.24, 2.45) is 16.5 Å². The molecule has 0 atom stereocenters. The fraction of sp³-hybridized carbons (Fsp3) is 0.273. The highest BCUT2D eigenvalue weighted by Gasteiger charge is 2.10. The predicted octanol–water partition coefficient (Wildman–Crippen LogP) is -0.814. The SMILES string of the molecule is N#CN=C(N)N(CCOCC(N)=O)c1ccncc1. The van der Waals surface area contributed by atoms with Gasteiger partial charge in [0.1, 0.15) is 6.61 Å². The van der Waals surface area contributed by atoms with Crippen LogP contribution in [0.4, 0.5) is 5.69 Å². The molecule has 0 saturated carbocycles. The van der Waals surface area contributed by atoms with Gasteiger partial charge >= 0.3 is 0 Å². The van der Waals surface area contributed by atoms with Crippen molar-refractivity contribution >= 4 is 17.6 Å². The third kappa shape index (κ3) is 5.01. The monoisotopic (exact) mass is 262 g/mol. The summed E-state index contributed by atoms with van der Waals surface area (Å²) in [5, 5.41) is 8.53. The molecule has 0 unspecified atom stereocenters. The van der Waals surface area contributed by atoms with Crippen molar-refractivity contribution in [1.82, 2.24) is 4.98 Å². The van der Waals surface area contributed by atoms with Crippen molar-refractivity contribution in [1.29, 1.82) is 5.26 Å². The Hall–Kier alpha value is -2.66. The van der Waals surface area contributed by atoms with Gasteiger partial charge in [0.05, 0.1) is 6.61 Å². The minimum atomic E-state index is -0.547. The van der Waals surface area contributed by atoms with E-state index in [0.29, 0.717) is 12.2 Å². The Bertz CT molecular complexity index is 482. The standard InChI is InChI=1S/C11H14N6O2/c12-8-16-11(14)17(5-6-19-7-10(13)18)9-1-3-15-4-2-9/h1-4H,5-7H2,(H2,13,18)(H2,14,16). The number of carbonyl (C=O) groups excluding carboxylic acids is 1. The first-order chi connectivity index (χ1) is 9.15. The van der Waals surface area contributed by atoms with Gasteiger partial charge in [-0.2, -0.15) is 5.26 Å². The second-order valence-electron chi connectivity index (χ2n) is 3.45. The van der Waals surface area contributed by atoms with E-state index in [1.807, 2.05) is 0 Å². The lowest BCUT2D eigenvalue weighted by atomic mass is 10.3. The summed E-state index contributed by atoms with van der Waals surface area (Å²) in [7, 11) is 0. The number of hydrogen-bond donors (Lipinski definition) is 2. The van der Waals surface area contributed by atoms with Crippen molar-refractivity contribution in [2.45, 2.75) is 0 Å². The average Bonchev–Trinajstić information content (AvgIpc) is 2.39. The van der Waals surface area contributed by atoms with E-state index >= 15 is 0 Å². The van der Waals surface area contributed by atoms with Crippen molar-refractivity contribution in [3.8, 4) is 6.19 Å². The molecule has 0 saturated heterocycles. The zero-order valence-corrected chi connectivity index (χ0v) is 10.2. The zero-order chi connectivity index (χ0) is 14.1. The number of rotatable bonds is 6. The quantitative estimate of drug-likeness (QED) is 0.298. The first-order valence-corrected chi connectivity index (χ1v) is 5.41. The molecule has 1 heterocycles.